The second-order valence-corrected chi connectivity index (χ2v) is 2.95. The van der Waals surface area contributed by atoms with Crippen molar-refractivity contribution in [2.75, 3.05) is 5.32 Å². The summed E-state index contributed by atoms with van der Waals surface area (Å²) in [6.45, 7) is 5.63. The van der Waals surface area contributed by atoms with Crippen LogP contribution in [-0.4, -0.2) is 9.97 Å². The van der Waals surface area contributed by atoms with Crippen molar-refractivity contribution >= 4 is 17.0 Å². The van der Waals surface area contributed by atoms with E-state index in [1.807, 2.05) is 12.1 Å². The van der Waals surface area contributed by atoms with E-state index in [0.29, 0.717) is 0 Å². The van der Waals surface area contributed by atoms with Crippen molar-refractivity contribution in [2.24, 2.45) is 0 Å². The molecule has 0 saturated carbocycles. The van der Waals surface area contributed by atoms with E-state index in [0.717, 1.165) is 17.0 Å². The average Bonchev–Trinajstić information content (AvgIpc) is 2.46. The average molecular weight is 173 g/mol. The van der Waals surface area contributed by atoms with Crippen molar-refractivity contribution < 1.29 is 0 Å². The highest BCUT2D eigenvalue weighted by atomic mass is 15.1. The Morgan fingerprint density at radius 2 is 2.38 bits per heavy atom. The van der Waals surface area contributed by atoms with Gasteiger partial charge in [0.05, 0.1) is 11.0 Å². The summed E-state index contributed by atoms with van der Waals surface area (Å²) in [6, 6.07) is 6.10. The Morgan fingerprint density at radius 1 is 1.54 bits per heavy atom. The molecule has 2 N–H and O–H groups in total. The molecular formula is C10H11N3. The molecule has 3 heteroatoms. The van der Waals surface area contributed by atoms with Crippen LogP contribution >= 0.6 is 0 Å². The van der Waals surface area contributed by atoms with Gasteiger partial charge in [-0.15, -0.1) is 0 Å². The van der Waals surface area contributed by atoms with Gasteiger partial charge in [-0.05, 0) is 30.8 Å². The molecule has 2 rings (SSSR count). The minimum Gasteiger partial charge on any atom is -0.333 e. The standard InChI is InChI=1S/C10H11N3/c1-3-11-10-12-8-5-4-7(2)6-9(8)13-10/h3-6H,1H2,2H3,(H2,11,12,13). The zero-order chi connectivity index (χ0) is 9.26. The smallest absolute Gasteiger partial charge is 0.205 e. The second kappa shape index (κ2) is 2.94. The Kier molecular flexibility index (Phi) is 1.77. The lowest BCUT2D eigenvalue weighted by Gasteiger charge is -1.89. The maximum atomic E-state index is 4.31. The minimum atomic E-state index is 0.732. The van der Waals surface area contributed by atoms with Gasteiger partial charge in [-0.2, -0.15) is 0 Å². The zero-order valence-corrected chi connectivity index (χ0v) is 7.46. The van der Waals surface area contributed by atoms with Crippen LogP contribution in [0.15, 0.2) is 31.0 Å². The second-order valence-electron chi connectivity index (χ2n) is 2.95. The van der Waals surface area contributed by atoms with Crippen LogP contribution in [0.3, 0.4) is 0 Å². The van der Waals surface area contributed by atoms with Crippen molar-refractivity contribution in [3.8, 4) is 0 Å². The van der Waals surface area contributed by atoms with Crippen LogP contribution in [0.4, 0.5) is 5.95 Å². The molecule has 0 amide bonds. The molecule has 1 aromatic heterocycles. The van der Waals surface area contributed by atoms with Gasteiger partial charge in [-0.3, -0.25) is 0 Å². The topological polar surface area (TPSA) is 40.7 Å². The number of nitrogens with zero attached hydrogens (tertiary/aromatic N) is 1. The Hall–Kier alpha value is -1.77. The summed E-state index contributed by atoms with van der Waals surface area (Å²) in [6.07, 6.45) is 1.60. The van der Waals surface area contributed by atoms with Gasteiger partial charge in [0.2, 0.25) is 5.95 Å². The highest BCUT2D eigenvalue weighted by Crippen LogP contribution is 2.15. The van der Waals surface area contributed by atoms with E-state index in [-0.39, 0.29) is 0 Å². The number of hydrogen-bond acceptors (Lipinski definition) is 2. The van der Waals surface area contributed by atoms with Crippen LogP contribution in [0.1, 0.15) is 5.56 Å². The number of aromatic amines is 1. The fraction of sp³-hybridized carbons (Fsp3) is 0.100. The molecule has 2 aromatic rings. The fourth-order valence-corrected chi connectivity index (χ4v) is 1.29. The van der Waals surface area contributed by atoms with E-state index >= 15 is 0 Å². The van der Waals surface area contributed by atoms with Crippen molar-refractivity contribution in [1.82, 2.24) is 9.97 Å². The normalized spacial score (nSPS) is 10.2. The first-order chi connectivity index (χ1) is 6.29. The molecule has 0 saturated heterocycles. The number of H-pyrrole nitrogens is 1. The van der Waals surface area contributed by atoms with E-state index in [1.54, 1.807) is 6.20 Å². The Balaban J connectivity index is 2.55. The number of nitrogens with one attached hydrogen (secondary N) is 2. The molecule has 0 unspecified atom stereocenters. The Morgan fingerprint density at radius 3 is 3.15 bits per heavy atom. The molecule has 13 heavy (non-hydrogen) atoms. The van der Waals surface area contributed by atoms with E-state index in [2.05, 4.69) is 34.9 Å². The van der Waals surface area contributed by atoms with Gasteiger partial charge in [-0.1, -0.05) is 12.6 Å². The van der Waals surface area contributed by atoms with Gasteiger partial charge in [0.1, 0.15) is 0 Å². The number of aromatic nitrogens is 2. The monoisotopic (exact) mass is 173 g/mol. The van der Waals surface area contributed by atoms with Crippen molar-refractivity contribution in [3.05, 3.63) is 36.5 Å². The fourth-order valence-electron chi connectivity index (χ4n) is 1.29. The molecular weight excluding hydrogens is 162 g/mol. The maximum absolute atomic E-state index is 4.31. The highest BCUT2D eigenvalue weighted by molar-refractivity contribution is 5.78. The summed E-state index contributed by atoms with van der Waals surface area (Å²) >= 11 is 0. The molecule has 0 fully saturated rings. The molecule has 0 aliphatic heterocycles. The van der Waals surface area contributed by atoms with Gasteiger partial charge < -0.3 is 10.3 Å². The molecule has 0 aliphatic rings. The van der Waals surface area contributed by atoms with Crippen LogP contribution in [0.5, 0.6) is 0 Å². The van der Waals surface area contributed by atoms with Crippen molar-refractivity contribution in [2.45, 2.75) is 6.92 Å². The largest absolute Gasteiger partial charge is 0.333 e. The van der Waals surface area contributed by atoms with Crippen LogP contribution < -0.4 is 5.32 Å². The summed E-state index contributed by atoms with van der Waals surface area (Å²) in [5.41, 5.74) is 3.24. The van der Waals surface area contributed by atoms with Gasteiger partial charge in [0, 0.05) is 0 Å². The van der Waals surface area contributed by atoms with Crippen molar-refractivity contribution in [1.29, 1.82) is 0 Å². The Labute approximate surface area is 76.5 Å². The number of aryl methyl sites for hydroxylation is 1. The lowest BCUT2D eigenvalue weighted by Crippen LogP contribution is -1.86. The summed E-state index contributed by atoms with van der Waals surface area (Å²) < 4.78 is 0. The maximum Gasteiger partial charge on any atom is 0.205 e. The van der Waals surface area contributed by atoms with Gasteiger partial charge in [0.15, 0.2) is 0 Å². The molecule has 3 nitrogen and oxygen atoms in total. The lowest BCUT2D eigenvalue weighted by molar-refractivity contribution is 1.31. The molecule has 0 aliphatic carbocycles. The van der Waals surface area contributed by atoms with Crippen molar-refractivity contribution in [3.63, 3.8) is 0 Å². The van der Waals surface area contributed by atoms with Crippen LogP contribution in [0.2, 0.25) is 0 Å². The first-order valence-electron chi connectivity index (χ1n) is 4.13. The van der Waals surface area contributed by atoms with Crippen LogP contribution in [0, 0.1) is 6.92 Å². The SMILES string of the molecule is C=CNc1nc2ccc(C)cc2[nH]1. The summed E-state index contributed by atoms with van der Waals surface area (Å²) in [5, 5.41) is 2.91. The third-order valence-corrected chi connectivity index (χ3v) is 1.88. The van der Waals surface area contributed by atoms with E-state index in [9.17, 15) is 0 Å². The minimum absolute atomic E-state index is 0.732. The molecule has 0 spiro atoms. The molecule has 0 atom stereocenters. The molecule has 0 radical (unpaired) electrons. The number of imidazole rings is 1. The quantitative estimate of drug-likeness (QED) is 0.732. The van der Waals surface area contributed by atoms with Crippen LogP contribution in [-0.2, 0) is 0 Å². The number of anilines is 1. The zero-order valence-electron chi connectivity index (χ0n) is 7.46. The summed E-state index contributed by atoms with van der Waals surface area (Å²) in [5.74, 6) is 0.732. The number of fused-ring (bicyclic) bond motifs is 1. The summed E-state index contributed by atoms with van der Waals surface area (Å²) in [4.78, 5) is 7.45. The first kappa shape index (κ1) is 7.86. The molecule has 1 aromatic carbocycles. The summed E-state index contributed by atoms with van der Waals surface area (Å²) in [7, 11) is 0. The number of rotatable bonds is 2. The number of benzene rings is 1. The van der Waals surface area contributed by atoms with Gasteiger partial charge in [0.25, 0.3) is 0 Å². The molecule has 1 heterocycles. The molecule has 0 bridgehead atoms. The first-order valence-corrected chi connectivity index (χ1v) is 4.13. The Bertz CT molecular complexity index is 442. The van der Waals surface area contributed by atoms with E-state index < -0.39 is 0 Å². The van der Waals surface area contributed by atoms with E-state index in [1.165, 1.54) is 5.56 Å². The molecule has 66 valence electrons. The third-order valence-electron chi connectivity index (χ3n) is 1.88. The third kappa shape index (κ3) is 1.40. The highest BCUT2D eigenvalue weighted by Gasteiger charge is 1.99. The van der Waals surface area contributed by atoms with Gasteiger partial charge in [-0.25, -0.2) is 4.98 Å². The predicted molar refractivity (Wildman–Crippen MR) is 54.7 cm³/mol. The predicted octanol–water partition coefficient (Wildman–Crippen LogP) is 2.43. The van der Waals surface area contributed by atoms with E-state index in [4.69, 9.17) is 0 Å². The number of hydrogen-bond donors (Lipinski definition) is 2. The lowest BCUT2D eigenvalue weighted by atomic mass is 10.2. The van der Waals surface area contributed by atoms with Gasteiger partial charge >= 0.3 is 0 Å². The van der Waals surface area contributed by atoms with Crippen LogP contribution in [0.25, 0.3) is 11.0 Å².